The summed E-state index contributed by atoms with van der Waals surface area (Å²) >= 11 is 0. The zero-order valence-corrected chi connectivity index (χ0v) is 21.2. The summed E-state index contributed by atoms with van der Waals surface area (Å²) in [5.41, 5.74) is 7.73. The molecule has 4 N–H and O–H groups in total. The van der Waals surface area contributed by atoms with E-state index in [9.17, 15) is 9.59 Å². The molecule has 3 heterocycles. The molecule has 1 saturated heterocycles. The first kappa shape index (κ1) is 27.1. The number of esters is 1. The molecule has 1 fully saturated rings. The topological polar surface area (TPSA) is 134 Å². The molecule has 194 valence electrons. The maximum absolute atomic E-state index is 13.0. The highest BCUT2D eigenvalue weighted by molar-refractivity contribution is 5.89. The van der Waals surface area contributed by atoms with E-state index in [1.54, 1.807) is 36.4 Å². The fourth-order valence-electron chi connectivity index (χ4n) is 4.52. The maximum Gasteiger partial charge on any atom is 0.321 e. The molecule has 0 atom stereocenters. The molecule has 0 spiro atoms. The second kappa shape index (κ2) is 11.9. The Morgan fingerprint density at radius 2 is 1.94 bits per heavy atom. The Bertz CT molecular complexity index is 1080. The van der Waals surface area contributed by atoms with E-state index in [0.29, 0.717) is 43.9 Å². The molecule has 1 aromatic heterocycles. The quantitative estimate of drug-likeness (QED) is 0.305. The van der Waals surface area contributed by atoms with Crippen molar-refractivity contribution in [1.29, 1.82) is 5.41 Å². The lowest BCUT2D eigenvalue weighted by molar-refractivity contribution is -0.160. The van der Waals surface area contributed by atoms with Crippen molar-refractivity contribution in [3.63, 3.8) is 0 Å². The first-order chi connectivity index (χ1) is 16.9. The summed E-state index contributed by atoms with van der Waals surface area (Å²) in [4.78, 5) is 33.2. The van der Waals surface area contributed by atoms with Gasteiger partial charge in [0.25, 0.3) is 0 Å². The number of urea groups is 1. The number of anilines is 1. The van der Waals surface area contributed by atoms with Gasteiger partial charge in [-0.05, 0) is 61.6 Å². The standard InChI is InChI=1S/C25H32N6O4.ClH/c1-2-34-22(32)25(8-12-30(13-9-25)24(33)29-20-4-3-10-28-15-20)17-35-21-6-5-18-7-11-31(23(26)27)16-19(18)14-21;/h3-6,10,14-15H,2,7-9,11-13,16-17H2,1H3,(H3,26,27)(H,29,33);1H. The molecule has 0 bridgehead atoms. The molecule has 11 heteroatoms. The lowest BCUT2D eigenvalue weighted by Crippen LogP contribution is -2.50. The van der Waals surface area contributed by atoms with Gasteiger partial charge in [0.1, 0.15) is 17.8 Å². The molecule has 2 amide bonds. The third-order valence-electron chi connectivity index (χ3n) is 6.67. The number of rotatable bonds is 6. The highest BCUT2D eigenvalue weighted by atomic mass is 35.5. The maximum atomic E-state index is 13.0. The number of fused-ring (bicyclic) bond motifs is 1. The number of hydrogen-bond acceptors (Lipinski definition) is 6. The first-order valence-corrected chi connectivity index (χ1v) is 11.9. The number of nitrogens with one attached hydrogen (secondary N) is 2. The van der Waals surface area contributed by atoms with Gasteiger partial charge in [0.05, 0.1) is 18.5 Å². The van der Waals surface area contributed by atoms with Crippen LogP contribution in [0.25, 0.3) is 0 Å². The Morgan fingerprint density at radius 1 is 1.17 bits per heavy atom. The van der Waals surface area contributed by atoms with E-state index in [2.05, 4.69) is 10.3 Å². The number of pyridine rings is 1. The molecule has 0 unspecified atom stereocenters. The number of carbonyl (C=O) groups is 2. The van der Waals surface area contributed by atoms with Crippen LogP contribution in [0.3, 0.4) is 0 Å². The molecule has 0 saturated carbocycles. The molecule has 0 radical (unpaired) electrons. The van der Waals surface area contributed by atoms with Gasteiger partial charge in [0.2, 0.25) is 0 Å². The van der Waals surface area contributed by atoms with Crippen LogP contribution in [0, 0.1) is 10.8 Å². The minimum Gasteiger partial charge on any atom is -0.492 e. The number of carbonyl (C=O) groups excluding carboxylic acids is 2. The zero-order valence-electron chi connectivity index (χ0n) is 20.4. The van der Waals surface area contributed by atoms with Crippen LogP contribution in [0.15, 0.2) is 42.7 Å². The summed E-state index contributed by atoms with van der Waals surface area (Å²) in [5.74, 6) is 0.421. The monoisotopic (exact) mass is 516 g/mol. The van der Waals surface area contributed by atoms with Crippen LogP contribution in [0.4, 0.5) is 10.5 Å². The van der Waals surface area contributed by atoms with Crippen molar-refractivity contribution < 1.29 is 19.1 Å². The average molecular weight is 517 g/mol. The van der Waals surface area contributed by atoms with Crippen LogP contribution in [-0.2, 0) is 22.5 Å². The number of amides is 2. The predicted molar refractivity (Wildman–Crippen MR) is 138 cm³/mol. The third kappa shape index (κ3) is 6.17. The number of nitrogens with two attached hydrogens (primary N) is 1. The summed E-state index contributed by atoms with van der Waals surface area (Å²) < 4.78 is 11.5. The Balaban J connectivity index is 0.00000361. The SMILES string of the molecule is CCOC(=O)C1(COc2ccc3c(c2)CN(C(=N)N)CC3)CCN(C(=O)Nc2cccnc2)CC1.Cl. The number of hydrogen-bond donors (Lipinski definition) is 3. The zero-order chi connectivity index (χ0) is 24.8. The number of likely N-dealkylation sites (tertiary alicyclic amines) is 1. The number of benzene rings is 1. The van der Waals surface area contributed by atoms with Crippen molar-refractivity contribution in [1.82, 2.24) is 14.8 Å². The van der Waals surface area contributed by atoms with E-state index in [-0.39, 0.29) is 43.6 Å². The summed E-state index contributed by atoms with van der Waals surface area (Å²) in [6, 6.07) is 9.22. The largest absolute Gasteiger partial charge is 0.492 e. The Kier molecular flexibility index (Phi) is 8.98. The molecule has 1 aromatic carbocycles. The smallest absolute Gasteiger partial charge is 0.321 e. The van der Waals surface area contributed by atoms with Gasteiger partial charge in [-0.2, -0.15) is 0 Å². The Morgan fingerprint density at radius 3 is 2.61 bits per heavy atom. The van der Waals surface area contributed by atoms with Gasteiger partial charge in [0.15, 0.2) is 5.96 Å². The van der Waals surface area contributed by atoms with Crippen LogP contribution >= 0.6 is 12.4 Å². The molecule has 2 aliphatic rings. The van der Waals surface area contributed by atoms with Gasteiger partial charge in [-0.1, -0.05) is 6.07 Å². The summed E-state index contributed by atoms with van der Waals surface area (Å²) in [6.45, 7) is 4.33. The normalized spacial score (nSPS) is 16.2. The van der Waals surface area contributed by atoms with Crippen LogP contribution in [0.5, 0.6) is 5.75 Å². The molecular weight excluding hydrogens is 484 g/mol. The molecule has 2 aliphatic heterocycles. The van der Waals surface area contributed by atoms with Gasteiger partial charge in [-0.15, -0.1) is 12.4 Å². The molecule has 2 aromatic rings. The Labute approximate surface area is 217 Å². The van der Waals surface area contributed by atoms with Crippen molar-refractivity contribution in [2.75, 3.05) is 38.2 Å². The second-order valence-corrected chi connectivity index (χ2v) is 8.94. The van der Waals surface area contributed by atoms with Crippen molar-refractivity contribution in [2.24, 2.45) is 11.1 Å². The highest BCUT2D eigenvalue weighted by Crippen LogP contribution is 2.35. The van der Waals surface area contributed by atoms with E-state index in [0.717, 1.165) is 18.5 Å². The van der Waals surface area contributed by atoms with Crippen LogP contribution < -0.4 is 15.8 Å². The van der Waals surface area contributed by atoms with Gasteiger partial charge in [-0.3, -0.25) is 15.2 Å². The van der Waals surface area contributed by atoms with Crippen molar-refractivity contribution >= 4 is 36.1 Å². The molecule has 4 rings (SSSR count). The van der Waals surface area contributed by atoms with E-state index in [1.807, 2.05) is 23.1 Å². The van der Waals surface area contributed by atoms with Crippen molar-refractivity contribution in [3.05, 3.63) is 53.9 Å². The van der Waals surface area contributed by atoms with E-state index >= 15 is 0 Å². The van der Waals surface area contributed by atoms with Gasteiger partial charge in [-0.25, -0.2) is 4.79 Å². The highest BCUT2D eigenvalue weighted by Gasteiger charge is 2.44. The van der Waals surface area contributed by atoms with Crippen molar-refractivity contribution in [3.8, 4) is 5.75 Å². The summed E-state index contributed by atoms with van der Waals surface area (Å²) in [7, 11) is 0. The second-order valence-electron chi connectivity index (χ2n) is 8.94. The number of guanidine groups is 1. The predicted octanol–water partition coefficient (Wildman–Crippen LogP) is 3.01. The molecule has 10 nitrogen and oxygen atoms in total. The average Bonchev–Trinajstić information content (AvgIpc) is 2.88. The fraction of sp³-hybridized carbons (Fsp3) is 0.440. The molecular formula is C25H33ClN6O4. The summed E-state index contributed by atoms with van der Waals surface area (Å²) in [6.07, 6.45) is 4.93. The van der Waals surface area contributed by atoms with Gasteiger partial charge >= 0.3 is 12.0 Å². The third-order valence-corrected chi connectivity index (χ3v) is 6.67. The minimum absolute atomic E-state index is 0. The van der Waals surface area contributed by atoms with E-state index in [1.165, 1.54) is 5.56 Å². The number of nitrogens with zero attached hydrogens (tertiary/aromatic N) is 3. The van der Waals surface area contributed by atoms with Crippen LogP contribution in [0.1, 0.15) is 30.9 Å². The lowest BCUT2D eigenvalue weighted by atomic mass is 9.79. The number of piperidine rings is 1. The molecule has 36 heavy (non-hydrogen) atoms. The van der Waals surface area contributed by atoms with E-state index < -0.39 is 5.41 Å². The summed E-state index contributed by atoms with van der Waals surface area (Å²) in [5, 5.41) is 10.5. The van der Waals surface area contributed by atoms with Crippen molar-refractivity contribution in [2.45, 2.75) is 32.7 Å². The van der Waals surface area contributed by atoms with Crippen LogP contribution in [0.2, 0.25) is 0 Å². The number of halogens is 1. The van der Waals surface area contributed by atoms with Crippen LogP contribution in [-0.4, -0.2) is 65.6 Å². The minimum atomic E-state index is -0.831. The molecule has 0 aliphatic carbocycles. The van der Waals surface area contributed by atoms with E-state index in [4.69, 9.17) is 20.6 Å². The van der Waals surface area contributed by atoms with Gasteiger partial charge in [0, 0.05) is 32.4 Å². The Hall–Kier alpha value is -3.53. The lowest BCUT2D eigenvalue weighted by Gasteiger charge is -2.39. The number of ether oxygens (including phenoxy) is 2. The fourth-order valence-corrected chi connectivity index (χ4v) is 4.52. The van der Waals surface area contributed by atoms with Gasteiger partial charge < -0.3 is 30.3 Å². The number of aromatic nitrogens is 1. The first-order valence-electron chi connectivity index (χ1n) is 11.9.